The molecule has 9 heteroatoms. The maximum Gasteiger partial charge on any atom is 0.244 e. The topological polar surface area (TPSA) is 95.6 Å². The van der Waals surface area contributed by atoms with Crippen molar-refractivity contribution in [1.82, 2.24) is 14.9 Å². The molecule has 2 N–H and O–H groups in total. The number of hydrogen-bond acceptors (Lipinski definition) is 4. The van der Waals surface area contributed by atoms with Crippen LogP contribution in [-0.2, 0) is 19.6 Å². The fourth-order valence-corrected chi connectivity index (χ4v) is 5.52. The number of likely N-dealkylation sites (tertiary alicyclic amines) is 1. The Morgan fingerprint density at radius 1 is 1.10 bits per heavy atom. The summed E-state index contributed by atoms with van der Waals surface area (Å²) in [6.45, 7) is 2.17. The minimum atomic E-state index is -4.17. The molecule has 2 fully saturated rings. The molecule has 1 aliphatic heterocycles. The van der Waals surface area contributed by atoms with Crippen LogP contribution in [0.1, 0.15) is 51.9 Å². The Morgan fingerprint density at radius 3 is 2.50 bits per heavy atom. The van der Waals surface area contributed by atoms with E-state index in [-0.39, 0.29) is 24.4 Å². The van der Waals surface area contributed by atoms with Gasteiger partial charge in [0.25, 0.3) is 0 Å². The zero-order valence-electron chi connectivity index (χ0n) is 17.3. The number of hydrogen-bond donors (Lipinski definition) is 2. The van der Waals surface area contributed by atoms with Crippen LogP contribution in [0.2, 0.25) is 0 Å². The molecule has 3 rings (SSSR count). The second-order valence-electron chi connectivity index (χ2n) is 8.24. The summed E-state index contributed by atoms with van der Waals surface area (Å²) in [5, 5.41) is 3.11. The average molecular weight is 440 g/mol. The van der Waals surface area contributed by atoms with Gasteiger partial charge in [-0.15, -0.1) is 0 Å². The van der Waals surface area contributed by atoms with Gasteiger partial charge in [-0.3, -0.25) is 9.59 Å². The summed E-state index contributed by atoms with van der Waals surface area (Å²) in [4.78, 5) is 26.5. The van der Waals surface area contributed by atoms with Crippen LogP contribution in [0.3, 0.4) is 0 Å². The number of nitrogens with one attached hydrogen (secondary N) is 2. The molecule has 1 unspecified atom stereocenters. The quantitative estimate of drug-likeness (QED) is 0.710. The largest absolute Gasteiger partial charge is 0.353 e. The first kappa shape index (κ1) is 22.7. The van der Waals surface area contributed by atoms with Gasteiger partial charge in [-0.05, 0) is 44.7 Å². The van der Waals surface area contributed by atoms with E-state index in [9.17, 15) is 22.4 Å². The highest BCUT2D eigenvalue weighted by Crippen LogP contribution is 2.21. The Balaban J connectivity index is 1.58. The van der Waals surface area contributed by atoms with E-state index < -0.39 is 32.7 Å². The van der Waals surface area contributed by atoms with E-state index in [2.05, 4.69) is 10.0 Å². The number of carbonyl (C=O) groups excluding carboxylic acids is 2. The minimum Gasteiger partial charge on any atom is -0.353 e. The van der Waals surface area contributed by atoms with Crippen molar-refractivity contribution in [3.05, 3.63) is 30.1 Å². The van der Waals surface area contributed by atoms with E-state index in [0.29, 0.717) is 19.4 Å². The molecule has 166 valence electrons. The molecule has 7 nitrogen and oxygen atoms in total. The monoisotopic (exact) mass is 439 g/mol. The summed E-state index contributed by atoms with van der Waals surface area (Å²) < 4.78 is 41.0. The van der Waals surface area contributed by atoms with Crippen molar-refractivity contribution in [2.24, 2.45) is 5.92 Å². The fraction of sp³-hybridized carbons (Fsp3) is 0.619. The predicted octanol–water partition coefficient (Wildman–Crippen LogP) is 2.18. The van der Waals surface area contributed by atoms with Gasteiger partial charge >= 0.3 is 0 Å². The van der Waals surface area contributed by atoms with E-state index in [1.807, 2.05) is 0 Å². The molecular formula is C21H30FN3O4S. The van der Waals surface area contributed by atoms with Crippen molar-refractivity contribution in [2.75, 3.05) is 13.1 Å². The first-order valence-corrected chi connectivity index (χ1v) is 12.1. The Bertz CT molecular complexity index is 871. The molecule has 1 saturated carbocycles. The second-order valence-corrected chi connectivity index (χ2v) is 9.92. The van der Waals surface area contributed by atoms with Gasteiger partial charge < -0.3 is 10.2 Å². The Kier molecular flexibility index (Phi) is 7.46. The van der Waals surface area contributed by atoms with Crippen molar-refractivity contribution in [1.29, 1.82) is 0 Å². The molecule has 30 heavy (non-hydrogen) atoms. The predicted molar refractivity (Wildman–Crippen MR) is 111 cm³/mol. The molecule has 2 aliphatic rings. The summed E-state index contributed by atoms with van der Waals surface area (Å²) >= 11 is 0. The number of halogens is 1. The van der Waals surface area contributed by atoms with E-state index in [0.717, 1.165) is 37.8 Å². The smallest absolute Gasteiger partial charge is 0.244 e. The van der Waals surface area contributed by atoms with Gasteiger partial charge in [0.05, 0.1) is 12.0 Å². The second kappa shape index (κ2) is 9.87. The van der Waals surface area contributed by atoms with Gasteiger partial charge in [-0.25, -0.2) is 12.8 Å². The standard InChI is InChI=1S/C21H30FN3O4S/c1-15(24-30(28,29)19-12-6-5-11-18(19)22)21(27)25-13-7-8-16(14-25)20(26)23-17-9-3-2-4-10-17/h5-6,11-12,15-17,24H,2-4,7-10,13-14H2,1H3,(H,23,26)/t15-,16?/m0/s1. The highest BCUT2D eigenvalue weighted by atomic mass is 32.2. The van der Waals surface area contributed by atoms with Crippen LogP contribution in [0, 0.1) is 11.7 Å². The van der Waals surface area contributed by atoms with Crippen molar-refractivity contribution in [3.63, 3.8) is 0 Å². The summed E-state index contributed by atoms with van der Waals surface area (Å²) in [6, 6.07) is 4.18. The number of amides is 2. The Morgan fingerprint density at radius 2 is 1.80 bits per heavy atom. The summed E-state index contributed by atoms with van der Waals surface area (Å²) in [6.07, 6.45) is 6.84. The lowest BCUT2D eigenvalue weighted by molar-refractivity contribution is -0.137. The maximum absolute atomic E-state index is 13.9. The highest BCUT2D eigenvalue weighted by Gasteiger charge is 2.33. The molecule has 2 atom stereocenters. The number of benzene rings is 1. The maximum atomic E-state index is 13.9. The summed E-state index contributed by atoms with van der Waals surface area (Å²) in [5.41, 5.74) is 0. The molecule has 1 saturated heterocycles. The van der Waals surface area contributed by atoms with Crippen LogP contribution in [0.5, 0.6) is 0 Å². The first-order valence-electron chi connectivity index (χ1n) is 10.6. The molecule has 0 spiro atoms. The van der Waals surface area contributed by atoms with Crippen LogP contribution < -0.4 is 10.0 Å². The van der Waals surface area contributed by atoms with Gasteiger partial charge in [0.15, 0.2) is 0 Å². The average Bonchev–Trinajstić information content (AvgIpc) is 2.74. The van der Waals surface area contributed by atoms with Crippen molar-refractivity contribution in [3.8, 4) is 0 Å². The number of rotatable bonds is 6. The lowest BCUT2D eigenvalue weighted by Gasteiger charge is -2.34. The third kappa shape index (κ3) is 5.57. The molecule has 0 bridgehead atoms. The van der Waals surface area contributed by atoms with Gasteiger partial charge in [-0.2, -0.15) is 4.72 Å². The van der Waals surface area contributed by atoms with Crippen molar-refractivity contribution >= 4 is 21.8 Å². The third-order valence-electron chi connectivity index (χ3n) is 5.88. The normalized spacial score (nSPS) is 21.8. The van der Waals surface area contributed by atoms with E-state index in [1.165, 1.54) is 30.4 Å². The van der Waals surface area contributed by atoms with Crippen LogP contribution in [0.15, 0.2) is 29.2 Å². The lowest BCUT2D eigenvalue weighted by atomic mass is 9.93. The van der Waals surface area contributed by atoms with Gasteiger partial charge in [-0.1, -0.05) is 31.4 Å². The summed E-state index contributed by atoms with van der Waals surface area (Å²) in [7, 11) is -4.17. The van der Waals surface area contributed by atoms with E-state index in [4.69, 9.17) is 0 Å². The van der Waals surface area contributed by atoms with Gasteiger partial charge in [0.1, 0.15) is 10.7 Å². The van der Waals surface area contributed by atoms with Crippen molar-refractivity contribution in [2.45, 2.75) is 68.8 Å². The molecule has 0 radical (unpaired) electrons. The van der Waals surface area contributed by atoms with Crippen LogP contribution in [0.25, 0.3) is 0 Å². The minimum absolute atomic E-state index is 0.0287. The van der Waals surface area contributed by atoms with Gasteiger partial charge in [0.2, 0.25) is 21.8 Å². The molecule has 1 heterocycles. The number of nitrogens with zero attached hydrogens (tertiary/aromatic N) is 1. The zero-order chi connectivity index (χ0) is 21.7. The fourth-order valence-electron chi connectivity index (χ4n) is 4.24. The molecule has 0 aromatic heterocycles. The van der Waals surface area contributed by atoms with Crippen LogP contribution >= 0.6 is 0 Å². The van der Waals surface area contributed by atoms with Gasteiger partial charge in [0, 0.05) is 19.1 Å². The van der Waals surface area contributed by atoms with E-state index in [1.54, 1.807) is 0 Å². The third-order valence-corrected chi connectivity index (χ3v) is 7.46. The van der Waals surface area contributed by atoms with Crippen molar-refractivity contribution < 1.29 is 22.4 Å². The SMILES string of the molecule is C[C@H](NS(=O)(=O)c1ccccc1F)C(=O)N1CCCC(C(=O)NC2CCCCC2)C1. The number of piperidine rings is 1. The number of carbonyl (C=O) groups is 2. The van der Waals surface area contributed by atoms with E-state index >= 15 is 0 Å². The Hall–Kier alpha value is -2.00. The Labute approximate surface area is 177 Å². The highest BCUT2D eigenvalue weighted by molar-refractivity contribution is 7.89. The molecular weight excluding hydrogens is 409 g/mol. The molecule has 1 aromatic rings. The molecule has 1 aliphatic carbocycles. The lowest BCUT2D eigenvalue weighted by Crippen LogP contribution is -2.52. The molecule has 1 aromatic carbocycles. The zero-order valence-corrected chi connectivity index (χ0v) is 18.1. The summed E-state index contributed by atoms with van der Waals surface area (Å²) in [5.74, 6) is -1.61. The molecule has 2 amide bonds. The first-order chi connectivity index (χ1) is 14.3. The van der Waals surface area contributed by atoms with Crippen LogP contribution in [-0.4, -0.2) is 50.3 Å². The number of sulfonamides is 1. The van der Waals surface area contributed by atoms with Crippen LogP contribution in [0.4, 0.5) is 4.39 Å².